The van der Waals surface area contributed by atoms with Crippen molar-refractivity contribution in [1.82, 2.24) is 19.7 Å². The van der Waals surface area contributed by atoms with Crippen molar-refractivity contribution in [3.63, 3.8) is 0 Å². The molecule has 6 heteroatoms. The second-order valence-corrected chi connectivity index (χ2v) is 9.13. The molecule has 0 radical (unpaired) electrons. The van der Waals surface area contributed by atoms with Crippen LogP contribution in [0.3, 0.4) is 0 Å². The monoisotopic (exact) mass is 384 g/mol. The Morgan fingerprint density at radius 1 is 1.21 bits per heavy atom. The van der Waals surface area contributed by atoms with E-state index in [0.29, 0.717) is 17.4 Å². The highest BCUT2D eigenvalue weighted by Gasteiger charge is 2.64. The molecule has 3 fully saturated rings. The third-order valence-corrected chi connectivity index (χ3v) is 7.66. The second-order valence-electron chi connectivity index (χ2n) is 9.13. The minimum Gasteiger partial charge on any atom is -0.348 e. The Morgan fingerprint density at radius 2 is 1.96 bits per heavy atom. The van der Waals surface area contributed by atoms with Crippen LogP contribution in [0.15, 0.2) is 24.5 Å². The van der Waals surface area contributed by atoms with Gasteiger partial charge in [0.25, 0.3) is 5.91 Å². The molecule has 1 aliphatic carbocycles. The molecular weight excluding hydrogens is 352 g/mol. The molecule has 3 heterocycles. The number of likely N-dealkylation sites (tertiary alicyclic amines) is 2. The van der Waals surface area contributed by atoms with Gasteiger partial charge in [-0.05, 0) is 55.7 Å². The molecular formula is C22H32N4O2. The minimum atomic E-state index is -0.227. The van der Waals surface area contributed by atoms with Crippen molar-refractivity contribution in [2.24, 2.45) is 16.7 Å². The van der Waals surface area contributed by atoms with Crippen LogP contribution >= 0.6 is 0 Å². The fourth-order valence-electron chi connectivity index (χ4n) is 6.12. The molecule has 28 heavy (non-hydrogen) atoms. The number of amides is 2. The molecule has 3 aliphatic rings. The summed E-state index contributed by atoms with van der Waals surface area (Å²) in [7, 11) is 3.78. The van der Waals surface area contributed by atoms with Gasteiger partial charge in [-0.15, -0.1) is 0 Å². The van der Waals surface area contributed by atoms with Crippen LogP contribution in [0, 0.1) is 16.7 Å². The normalized spacial score (nSPS) is 29.1. The van der Waals surface area contributed by atoms with Gasteiger partial charge in [0.05, 0.1) is 11.0 Å². The summed E-state index contributed by atoms with van der Waals surface area (Å²) < 4.78 is 0. The van der Waals surface area contributed by atoms with Gasteiger partial charge in [0, 0.05) is 52.7 Å². The van der Waals surface area contributed by atoms with Crippen LogP contribution in [0.25, 0.3) is 0 Å². The number of carbonyl (C=O) groups is 2. The van der Waals surface area contributed by atoms with E-state index >= 15 is 0 Å². The Bertz CT molecular complexity index is 742. The summed E-state index contributed by atoms with van der Waals surface area (Å²) in [6.07, 6.45) is 7.46. The second kappa shape index (κ2) is 7.14. The summed E-state index contributed by atoms with van der Waals surface area (Å²) in [5, 5.41) is 0. The zero-order valence-corrected chi connectivity index (χ0v) is 17.4. The predicted octanol–water partition coefficient (Wildman–Crippen LogP) is 2.12. The molecule has 6 nitrogen and oxygen atoms in total. The summed E-state index contributed by atoms with van der Waals surface area (Å²) in [5.74, 6) is 0.794. The van der Waals surface area contributed by atoms with Gasteiger partial charge in [-0.3, -0.25) is 14.6 Å². The number of pyridine rings is 1. The van der Waals surface area contributed by atoms with Crippen LogP contribution in [0.5, 0.6) is 0 Å². The van der Waals surface area contributed by atoms with Crippen LogP contribution in [0.2, 0.25) is 0 Å². The molecule has 2 saturated heterocycles. The number of fused-ring (bicyclic) bond motifs is 2. The van der Waals surface area contributed by atoms with Crippen LogP contribution < -0.4 is 0 Å². The van der Waals surface area contributed by atoms with E-state index in [1.165, 1.54) is 0 Å². The summed E-state index contributed by atoms with van der Waals surface area (Å²) in [6, 6.07) is 3.65. The lowest BCUT2D eigenvalue weighted by Crippen LogP contribution is -2.49. The van der Waals surface area contributed by atoms with Crippen LogP contribution in [-0.4, -0.2) is 78.3 Å². The first-order chi connectivity index (χ1) is 13.4. The van der Waals surface area contributed by atoms with E-state index in [2.05, 4.69) is 16.8 Å². The first kappa shape index (κ1) is 19.4. The highest BCUT2D eigenvalue weighted by atomic mass is 16.2. The summed E-state index contributed by atoms with van der Waals surface area (Å²) in [4.78, 5) is 36.3. The number of rotatable bonds is 3. The SMILES string of the molecule is CCN1C[C@@H]2C3(CCN(C(=O)c4cccnc4)CC3)CC[C@]2(C(=O)N(C)C)C1. The minimum absolute atomic E-state index is 0.0817. The van der Waals surface area contributed by atoms with Gasteiger partial charge in [0.2, 0.25) is 5.91 Å². The Labute approximate surface area is 167 Å². The third kappa shape index (κ3) is 2.93. The molecule has 1 spiro atoms. The van der Waals surface area contributed by atoms with E-state index in [4.69, 9.17) is 0 Å². The van der Waals surface area contributed by atoms with Crippen molar-refractivity contribution in [2.45, 2.75) is 32.6 Å². The highest BCUT2D eigenvalue weighted by Crippen LogP contribution is 2.62. The van der Waals surface area contributed by atoms with Crippen molar-refractivity contribution in [2.75, 3.05) is 46.8 Å². The smallest absolute Gasteiger partial charge is 0.255 e. The summed E-state index contributed by atoms with van der Waals surface area (Å²) >= 11 is 0. The molecule has 0 aromatic carbocycles. The number of hydrogen-bond acceptors (Lipinski definition) is 4. The number of aromatic nitrogens is 1. The average molecular weight is 385 g/mol. The molecule has 152 valence electrons. The van der Waals surface area contributed by atoms with Gasteiger partial charge in [-0.2, -0.15) is 0 Å². The quantitative estimate of drug-likeness (QED) is 0.801. The molecule has 1 aromatic rings. The van der Waals surface area contributed by atoms with Gasteiger partial charge in [0.15, 0.2) is 0 Å². The fraction of sp³-hybridized carbons (Fsp3) is 0.682. The predicted molar refractivity (Wildman–Crippen MR) is 108 cm³/mol. The van der Waals surface area contributed by atoms with Gasteiger partial charge in [-0.25, -0.2) is 0 Å². The van der Waals surface area contributed by atoms with E-state index in [1.54, 1.807) is 17.3 Å². The molecule has 0 bridgehead atoms. The number of piperidine rings is 1. The van der Waals surface area contributed by atoms with Gasteiger partial charge in [-0.1, -0.05) is 6.92 Å². The van der Waals surface area contributed by atoms with E-state index in [-0.39, 0.29) is 16.7 Å². The first-order valence-corrected chi connectivity index (χ1v) is 10.6. The highest BCUT2D eigenvalue weighted by molar-refractivity contribution is 5.94. The van der Waals surface area contributed by atoms with Crippen molar-refractivity contribution in [1.29, 1.82) is 0 Å². The van der Waals surface area contributed by atoms with Gasteiger partial charge in [0.1, 0.15) is 0 Å². The zero-order valence-electron chi connectivity index (χ0n) is 17.4. The van der Waals surface area contributed by atoms with Gasteiger partial charge >= 0.3 is 0 Å². The molecule has 0 N–H and O–H groups in total. The largest absolute Gasteiger partial charge is 0.348 e. The molecule has 4 rings (SSSR count). The van der Waals surface area contributed by atoms with Crippen LogP contribution in [0.1, 0.15) is 43.0 Å². The number of carbonyl (C=O) groups excluding carboxylic acids is 2. The van der Waals surface area contributed by atoms with E-state index < -0.39 is 0 Å². The Morgan fingerprint density at radius 3 is 2.57 bits per heavy atom. The zero-order chi connectivity index (χ0) is 19.9. The Hall–Kier alpha value is -1.95. The van der Waals surface area contributed by atoms with Crippen LogP contribution in [0.4, 0.5) is 0 Å². The maximum atomic E-state index is 13.2. The lowest BCUT2D eigenvalue weighted by molar-refractivity contribution is -0.141. The van der Waals surface area contributed by atoms with Crippen LogP contribution in [-0.2, 0) is 4.79 Å². The molecule has 1 aromatic heterocycles. The molecule has 2 atom stereocenters. The van der Waals surface area contributed by atoms with Gasteiger partial charge < -0.3 is 14.7 Å². The topological polar surface area (TPSA) is 56.8 Å². The fourth-order valence-corrected chi connectivity index (χ4v) is 6.12. The number of nitrogens with zero attached hydrogens (tertiary/aromatic N) is 4. The Kier molecular flexibility index (Phi) is 4.94. The van der Waals surface area contributed by atoms with E-state index in [9.17, 15) is 9.59 Å². The average Bonchev–Trinajstić information content (AvgIpc) is 3.25. The van der Waals surface area contributed by atoms with Crippen molar-refractivity contribution in [3.05, 3.63) is 30.1 Å². The third-order valence-electron chi connectivity index (χ3n) is 7.66. The molecule has 2 amide bonds. The lowest BCUT2D eigenvalue weighted by atomic mass is 9.65. The van der Waals surface area contributed by atoms with E-state index in [1.807, 2.05) is 31.1 Å². The first-order valence-electron chi connectivity index (χ1n) is 10.6. The summed E-state index contributed by atoms with van der Waals surface area (Å²) in [6.45, 7) is 6.67. The van der Waals surface area contributed by atoms with Crippen molar-refractivity contribution in [3.8, 4) is 0 Å². The Balaban J connectivity index is 1.52. The molecule has 1 saturated carbocycles. The van der Waals surface area contributed by atoms with E-state index in [0.717, 1.165) is 58.4 Å². The molecule has 0 unspecified atom stereocenters. The lowest BCUT2D eigenvalue weighted by Gasteiger charge is -2.44. The standard InChI is InChI=1S/C22H32N4O2/c1-4-25-15-18-21(7-8-22(18,16-25)20(28)24(2)3)9-12-26(13-10-21)19(27)17-6-5-11-23-14-17/h5-6,11,14,18H,4,7-10,12-13,15-16H2,1-3H3/t18-,22+/m1/s1. The number of hydrogen-bond donors (Lipinski definition) is 0. The summed E-state index contributed by atoms with van der Waals surface area (Å²) in [5.41, 5.74) is 0.635. The maximum Gasteiger partial charge on any atom is 0.255 e. The van der Waals surface area contributed by atoms with Crippen molar-refractivity contribution < 1.29 is 9.59 Å². The molecule has 2 aliphatic heterocycles. The maximum absolute atomic E-state index is 13.2. The van der Waals surface area contributed by atoms with Crippen molar-refractivity contribution >= 4 is 11.8 Å².